The Balaban J connectivity index is 1.47. The highest BCUT2D eigenvalue weighted by Gasteiger charge is 2.37. The number of carboxylic acid groups (broad SMARTS) is 1. The lowest BCUT2D eigenvalue weighted by Gasteiger charge is -2.42. The van der Waals surface area contributed by atoms with Gasteiger partial charge in [0.25, 0.3) is 0 Å². The Bertz CT molecular complexity index is 762. The maximum absolute atomic E-state index is 14.0. The number of nitrogens with zero attached hydrogens (tertiary/aromatic N) is 1. The lowest BCUT2D eigenvalue weighted by Crippen LogP contribution is -2.55. The fourth-order valence-corrected chi connectivity index (χ4v) is 3.36. The molecule has 0 heterocycles. The third-order valence-electron chi connectivity index (χ3n) is 5.13. The summed E-state index contributed by atoms with van der Waals surface area (Å²) in [6.07, 6.45) is 3.62. The van der Waals surface area contributed by atoms with Gasteiger partial charge in [-0.25, -0.2) is 14.0 Å². The van der Waals surface area contributed by atoms with Gasteiger partial charge >= 0.3 is 18.0 Å². The average molecular weight is 393 g/mol. The number of methoxy groups -OCH3 is 1. The number of halogens is 1. The largest absolute Gasteiger partial charge is 0.480 e. The van der Waals surface area contributed by atoms with E-state index in [0.717, 1.165) is 25.5 Å². The van der Waals surface area contributed by atoms with Crippen molar-refractivity contribution in [2.24, 2.45) is 5.92 Å². The number of esters is 1. The van der Waals surface area contributed by atoms with Gasteiger partial charge in [-0.05, 0) is 49.8 Å². The molecule has 3 rings (SSSR count). The van der Waals surface area contributed by atoms with Crippen LogP contribution in [0.2, 0.25) is 0 Å². The van der Waals surface area contributed by atoms with Crippen LogP contribution in [0.15, 0.2) is 18.2 Å². The van der Waals surface area contributed by atoms with Crippen molar-refractivity contribution in [1.82, 2.24) is 10.2 Å². The smallest absolute Gasteiger partial charge is 0.337 e. The maximum atomic E-state index is 14.0. The van der Waals surface area contributed by atoms with Gasteiger partial charge in [0.15, 0.2) is 0 Å². The van der Waals surface area contributed by atoms with Crippen molar-refractivity contribution in [3.8, 4) is 0 Å². The zero-order valence-electron chi connectivity index (χ0n) is 15.6. The summed E-state index contributed by atoms with van der Waals surface area (Å²) in [7, 11) is 1.20. The van der Waals surface area contributed by atoms with Crippen molar-refractivity contribution >= 4 is 23.7 Å². The van der Waals surface area contributed by atoms with Crippen molar-refractivity contribution in [1.29, 1.82) is 0 Å². The summed E-state index contributed by atoms with van der Waals surface area (Å²) < 4.78 is 18.6. The highest BCUT2D eigenvalue weighted by molar-refractivity contribution is 5.92. The van der Waals surface area contributed by atoms with Crippen LogP contribution in [0.25, 0.3) is 0 Å². The summed E-state index contributed by atoms with van der Waals surface area (Å²) in [6.45, 7) is 0.797. The fraction of sp³-hybridized carbons (Fsp3) is 0.526. The topological polar surface area (TPSA) is 108 Å². The molecule has 3 N–H and O–H groups in total. The first kappa shape index (κ1) is 20.1. The molecular formula is C19H24FN3O5. The Labute approximate surface area is 162 Å². The second kappa shape index (κ2) is 8.55. The minimum absolute atomic E-state index is 0.0117. The molecule has 0 unspecified atom stereocenters. The molecular weight excluding hydrogens is 369 g/mol. The van der Waals surface area contributed by atoms with E-state index in [1.165, 1.54) is 19.2 Å². The third kappa shape index (κ3) is 5.19. The molecule has 9 heteroatoms. The van der Waals surface area contributed by atoms with Crippen LogP contribution in [0.3, 0.4) is 0 Å². The van der Waals surface area contributed by atoms with Crippen LogP contribution in [0.4, 0.5) is 14.9 Å². The van der Waals surface area contributed by atoms with Crippen molar-refractivity contribution in [3.05, 3.63) is 29.6 Å². The van der Waals surface area contributed by atoms with Gasteiger partial charge in [0.1, 0.15) is 5.82 Å². The number of carbonyl (C=O) groups is 3. The first-order valence-electron chi connectivity index (χ1n) is 9.27. The number of anilines is 1. The SMILES string of the molecule is COC(=O)c1ccc(NC(=O)NC2CC(N(CC(=O)O)CC3CC3)C2)c(F)c1. The molecule has 28 heavy (non-hydrogen) atoms. The maximum Gasteiger partial charge on any atom is 0.337 e. The van der Waals surface area contributed by atoms with Gasteiger partial charge in [-0.1, -0.05) is 0 Å². The van der Waals surface area contributed by atoms with E-state index in [9.17, 15) is 18.8 Å². The van der Waals surface area contributed by atoms with E-state index in [0.29, 0.717) is 18.8 Å². The lowest BCUT2D eigenvalue weighted by atomic mass is 9.85. The monoisotopic (exact) mass is 393 g/mol. The minimum Gasteiger partial charge on any atom is -0.480 e. The van der Waals surface area contributed by atoms with E-state index in [-0.39, 0.29) is 29.9 Å². The van der Waals surface area contributed by atoms with Crippen molar-refractivity contribution in [2.75, 3.05) is 25.5 Å². The number of benzene rings is 1. The molecule has 0 atom stereocenters. The molecule has 0 radical (unpaired) electrons. The van der Waals surface area contributed by atoms with E-state index < -0.39 is 23.8 Å². The van der Waals surface area contributed by atoms with Crippen LogP contribution >= 0.6 is 0 Å². The molecule has 0 saturated heterocycles. The Morgan fingerprint density at radius 3 is 2.57 bits per heavy atom. The van der Waals surface area contributed by atoms with Crippen LogP contribution in [0.5, 0.6) is 0 Å². The number of ether oxygens (including phenoxy) is 1. The Morgan fingerprint density at radius 2 is 2.00 bits per heavy atom. The summed E-state index contributed by atoms with van der Waals surface area (Å²) in [5.74, 6) is -1.65. The van der Waals surface area contributed by atoms with Crippen LogP contribution in [-0.4, -0.2) is 60.3 Å². The molecule has 2 amide bonds. The molecule has 0 bridgehead atoms. The number of carboxylic acids is 1. The number of carbonyl (C=O) groups excluding carboxylic acids is 2. The number of aliphatic carboxylic acids is 1. The zero-order valence-corrected chi connectivity index (χ0v) is 15.6. The number of nitrogens with one attached hydrogen (secondary N) is 2. The van der Waals surface area contributed by atoms with Gasteiger partial charge in [0, 0.05) is 18.6 Å². The standard InChI is InChI=1S/C19H24FN3O5/c1-28-18(26)12-4-5-16(15(20)6-12)22-19(27)21-13-7-14(8-13)23(10-17(24)25)9-11-2-3-11/h4-6,11,13-14H,2-3,7-10H2,1H3,(H,24,25)(H2,21,22,27). The molecule has 0 aromatic heterocycles. The van der Waals surface area contributed by atoms with E-state index >= 15 is 0 Å². The van der Waals surface area contributed by atoms with Crippen LogP contribution < -0.4 is 10.6 Å². The minimum atomic E-state index is -0.847. The second-order valence-corrected chi connectivity index (χ2v) is 7.37. The molecule has 8 nitrogen and oxygen atoms in total. The Kier molecular flexibility index (Phi) is 6.13. The number of hydrogen-bond donors (Lipinski definition) is 3. The van der Waals surface area contributed by atoms with Gasteiger partial charge in [-0.3, -0.25) is 9.69 Å². The van der Waals surface area contributed by atoms with Gasteiger partial charge < -0.3 is 20.5 Å². The molecule has 2 saturated carbocycles. The zero-order chi connectivity index (χ0) is 20.3. The Morgan fingerprint density at radius 1 is 1.29 bits per heavy atom. The van der Waals surface area contributed by atoms with Gasteiger partial charge in [-0.15, -0.1) is 0 Å². The predicted octanol–water partition coefficient (Wildman–Crippen LogP) is 2.06. The summed E-state index contributed by atoms with van der Waals surface area (Å²) in [5.41, 5.74) is 0.0178. The van der Waals surface area contributed by atoms with E-state index in [1.807, 2.05) is 4.90 Å². The molecule has 0 spiro atoms. The summed E-state index contributed by atoms with van der Waals surface area (Å²) in [4.78, 5) is 36.5. The van der Waals surface area contributed by atoms with E-state index in [1.54, 1.807) is 0 Å². The third-order valence-corrected chi connectivity index (χ3v) is 5.13. The van der Waals surface area contributed by atoms with Crippen molar-refractivity contribution in [3.63, 3.8) is 0 Å². The molecule has 1 aromatic rings. The molecule has 0 aliphatic heterocycles. The molecule has 2 aliphatic carbocycles. The number of hydrogen-bond acceptors (Lipinski definition) is 5. The predicted molar refractivity (Wildman–Crippen MR) is 98.6 cm³/mol. The van der Waals surface area contributed by atoms with Crippen molar-refractivity contribution < 1.29 is 28.6 Å². The van der Waals surface area contributed by atoms with Gasteiger partial charge in [0.05, 0.1) is 24.9 Å². The summed E-state index contributed by atoms with van der Waals surface area (Å²) in [6, 6.07) is 3.18. The molecule has 1 aromatic carbocycles. The van der Waals surface area contributed by atoms with Gasteiger partial charge in [0.2, 0.25) is 0 Å². The van der Waals surface area contributed by atoms with E-state index in [2.05, 4.69) is 15.4 Å². The first-order chi connectivity index (χ1) is 13.4. The average Bonchev–Trinajstić information content (AvgIpc) is 3.42. The van der Waals surface area contributed by atoms with Crippen molar-refractivity contribution in [2.45, 2.75) is 37.8 Å². The Hall–Kier alpha value is -2.68. The first-order valence-corrected chi connectivity index (χ1v) is 9.27. The van der Waals surface area contributed by atoms with Crippen LogP contribution in [-0.2, 0) is 9.53 Å². The number of rotatable bonds is 8. The molecule has 2 fully saturated rings. The normalized spacial score (nSPS) is 21.0. The second-order valence-electron chi connectivity index (χ2n) is 7.37. The van der Waals surface area contributed by atoms with Crippen LogP contribution in [0, 0.1) is 11.7 Å². The molecule has 152 valence electrons. The fourth-order valence-electron chi connectivity index (χ4n) is 3.36. The summed E-state index contributed by atoms with van der Waals surface area (Å²) in [5, 5.41) is 14.3. The number of amides is 2. The summed E-state index contributed by atoms with van der Waals surface area (Å²) >= 11 is 0. The van der Waals surface area contributed by atoms with Gasteiger partial charge in [-0.2, -0.15) is 0 Å². The quantitative estimate of drug-likeness (QED) is 0.584. The molecule has 2 aliphatic rings. The lowest BCUT2D eigenvalue weighted by molar-refractivity contribution is -0.139. The highest BCUT2D eigenvalue weighted by Crippen LogP contribution is 2.33. The van der Waals surface area contributed by atoms with E-state index in [4.69, 9.17) is 5.11 Å². The number of urea groups is 1. The highest BCUT2D eigenvalue weighted by atomic mass is 19.1. The van der Waals surface area contributed by atoms with Crippen LogP contribution in [0.1, 0.15) is 36.0 Å².